The van der Waals surface area contributed by atoms with Crippen molar-refractivity contribution in [2.24, 2.45) is 0 Å². The highest BCUT2D eigenvalue weighted by atomic mass is 32.2. The van der Waals surface area contributed by atoms with Crippen molar-refractivity contribution < 1.29 is 9.90 Å². The second-order valence-electron chi connectivity index (χ2n) is 5.69. The zero-order valence-corrected chi connectivity index (χ0v) is 15.3. The maximum absolute atomic E-state index is 12.4. The molecule has 3 aromatic rings. The van der Waals surface area contributed by atoms with E-state index in [9.17, 15) is 9.90 Å². The number of amides is 1. The molecule has 0 spiro atoms. The van der Waals surface area contributed by atoms with Crippen LogP contribution in [0, 0.1) is 0 Å². The van der Waals surface area contributed by atoms with Crippen LogP contribution in [0.15, 0.2) is 53.7 Å². The average molecular weight is 369 g/mol. The van der Waals surface area contributed by atoms with Gasteiger partial charge >= 0.3 is 0 Å². The Balaban J connectivity index is 1.67. The first-order valence-corrected chi connectivity index (χ1v) is 9.09. The number of nitrogens with one attached hydrogen (secondary N) is 1. The van der Waals surface area contributed by atoms with Gasteiger partial charge in [-0.15, -0.1) is 5.10 Å². The number of hydrogen-bond acceptors (Lipinski definition) is 6. The Labute approximate surface area is 155 Å². The number of aryl methyl sites for hydroxylation is 1. The lowest BCUT2D eigenvalue weighted by atomic mass is 10.1. The number of thioether (sulfide) groups is 1. The van der Waals surface area contributed by atoms with Gasteiger partial charge in [0.2, 0.25) is 11.1 Å². The summed E-state index contributed by atoms with van der Waals surface area (Å²) in [5.41, 5.74) is 2.69. The summed E-state index contributed by atoms with van der Waals surface area (Å²) in [7, 11) is 0. The lowest BCUT2D eigenvalue weighted by Crippen LogP contribution is -2.22. The van der Waals surface area contributed by atoms with Crippen LogP contribution in [0.5, 0.6) is 5.75 Å². The Morgan fingerprint density at radius 3 is 2.54 bits per heavy atom. The quantitative estimate of drug-likeness (QED) is 0.649. The molecular weight excluding hydrogens is 350 g/mol. The van der Waals surface area contributed by atoms with Crippen molar-refractivity contribution in [1.82, 2.24) is 20.2 Å². The third-order valence-electron chi connectivity index (χ3n) is 3.82. The third-order valence-corrected chi connectivity index (χ3v) is 4.85. The molecular formula is C18H19N5O2S. The monoisotopic (exact) mass is 369 g/mol. The van der Waals surface area contributed by atoms with E-state index in [-0.39, 0.29) is 16.9 Å². The number of carbonyl (C=O) groups excluding carboxylic acids is 1. The van der Waals surface area contributed by atoms with E-state index in [1.807, 2.05) is 24.3 Å². The number of aromatic hydroxyl groups is 1. The van der Waals surface area contributed by atoms with Crippen LogP contribution in [-0.2, 0) is 11.2 Å². The van der Waals surface area contributed by atoms with Gasteiger partial charge < -0.3 is 10.4 Å². The molecule has 0 radical (unpaired) electrons. The number of nitrogens with zero attached hydrogens (tertiary/aromatic N) is 4. The summed E-state index contributed by atoms with van der Waals surface area (Å²) in [4.78, 5) is 12.4. The standard InChI is InChI=1S/C18H19N5O2S/c1-3-13-4-6-14(7-5-13)19-17(25)12(2)26-18-20-21-22-23(18)15-8-10-16(24)11-9-15/h4-12,24H,3H2,1-2H3,(H,19,25). The molecule has 8 heteroatoms. The van der Waals surface area contributed by atoms with Crippen LogP contribution in [0.3, 0.4) is 0 Å². The minimum atomic E-state index is -0.386. The zero-order chi connectivity index (χ0) is 18.5. The van der Waals surface area contributed by atoms with Crippen LogP contribution in [0.2, 0.25) is 0 Å². The third kappa shape index (κ3) is 4.20. The summed E-state index contributed by atoms with van der Waals surface area (Å²) in [5, 5.41) is 24.0. The van der Waals surface area contributed by atoms with E-state index in [0.717, 1.165) is 12.1 Å². The van der Waals surface area contributed by atoms with Crippen molar-refractivity contribution in [3.63, 3.8) is 0 Å². The van der Waals surface area contributed by atoms with Gasteiger partial charge in [0.25, 0.3) is 0 Å². The van der Waals surface area contributed by atoms with Crippen LogP contribution in [-0.4, -0.2) is 36.5 Å². The molecule has 0 aliphatic rings. The molecule has 2 N–H and O–H groups in total. The number of rotatable bonds is 6. The molecule has 1 unspecified atom stereocenters. The molecule has 1 heterocycles. The van der Waals surface area contributed by atoms with Gasteiger partial charge in [-0.25, -0.2) is 0 Å². The summed E-state index contributed by atoms with van der Waals surface area (Å²) in [5.74, 6) is 0.0392. The lowest BCUT2D eigenvalue weighted by molar-refractivity contribution is -0.115. The van der Waals surface area contributed by atoms with Crippen LogP contribution < -0.4 is 5.32 Å². The topological polar surface area (TPSA) is 92.9 Å². The Morgan fingerprint density at radius 2 is 1.88 bits per heavy atom. The Bertz CT molecular complexity index is 877. The average Bonchev–Trinajstić information content (AvgIpc) is 3.11. The van der Waals surface area contributed by atoms with Gasteiger partial charge in [0.1, 0.15) is 5.75 Å². The fraction of sp³-hybridized carbons (Fsp3) is 0.222. The van der Waals surface area contributed by atoms with Crippen molar-refractivity contribution >= 4 is 23.4 Å². The number of phenols is 1. The number of anilines is 1. The fourth-order valence-corrected chi connectivity index (χ4v) is 3.10. The molecule has 2 aromatic carbocycles. The molecule has 0 fully saturated rings. The van der Waals surface area contributed by atoms with E-state index in [0.29, 0.717) is 10.8 Å². The van der Waals surface area contributed by atoms with E-state index in [1.54, 1.807) is 31.2 Å². The molecule has 134 valence electrons. The minimum absolute atomic E-state index is 0.125. The van der Waals surface area contributed by atoms with Crippen LogP contribution in [0.25, 0.3) is 5.69 Å². The number of benzene rings is 2. The van der Waals surface area contributed by atoms with Crippen LogP contribution in [0.1, 0.15) is 19.4 Å². The highest BCUT2D eigenvalue weighted by Crippen LogP contribution is 2.24. The Hall–Kier alpha value is -2.87. The van der Waals surface area contributed by atoms with E-state index >= 15 is 0 Å². The highest BCUT2D eigenvalue weighted by molar-refractivity contribution is 8.00. The van der Waals surface area contributed by atoms with Gasteiger partial charge in [0.15, 0.2) is 0 Å². The molecule has 3 rings (SSSR count). The predicted octanol–water partition coefficient (Wildman–Crippen LogP) is 3.05. The first kappa shape index (κ1) is 17.9. The molecule has 0 aliphatic carbocycles. The Kier molecular flexibility index (Phi) is 5.52. The summed E-state index contributed by atoms with van der Waals surface area (Å²) < 4.78 is 1.53. The number of carbonyl (C=O) groups is 1. The molecule has 7 nitrogen and oxygen atoms in total. The SMILES string of the molecule is CCc1ccc(NC(=O)C(C)Sc2nnnn2-c2ccc(O)cc2)cc1. The van der Waals surface area contributed by atoms with Crippen molar-refractivity contribution in [3.8, 4) is 11.4 Å². The first-order valence-electron chi connectivity index (χ1n) is 8.21. The second kappa shape index (κ2) is 8.01. The first-order chi connectivity index (χ1) is 12.6. The van der Waals surface area contributed by atoms with Gasteiger partial charge in [0.05, 0.1) is 10.9 Å². The molecule has 26 heavy (non-hydrogen) atoms. The molecule has 1 amide bonds. The van der Waals surface area contributed by atoms with Gasteiger partial charge in [0, 0.05) is 5.69 Å². The van der Waals surface area contributed by atoms with Crippen molar-refractivity contribution in [2.75, 3.05) is 5.32 Å². The minimum Gasteiger partial charge on any atom is -0.508 e. The highest BCUT2D eigenvalue weighted by Gasteiger charge is 2.19. The van der Waals surface area contributed by atoms with Crippen molar-refractivity contribution in [3.05, 3.63) is 54.1 Å². The maximum atomic E-state index is 12.4. The summed E-state index contributed by atoms with van der Waals surface area (Å²) in [6.45, 7) is 3.89. The molecule has 1 aromatic heterocycles. The van der Waals surface area contributed by atoms with Crippen LogP contribution in [0.4, 0.5) is 5.69 Å². The van der Waals surface area contributed by atoms with E-state index in [2.05, 4.69) is 27.8 Å². The normalized spacial score (nSPS) is 11.9. The summed E-state index contributed by atoms with van der Waals surface area (Å²) >= 11 is 1.26. The maximum Gasteiger partial charge on any atom is 0.237 e. The van der Waals surface area contributed by atoms with Gasteiger partial charge in [-0.1, -0.05) is 30.8 Å². The van der Waals surface area contributed by atoms with Gasteiger partial charge in [-0.05, 0) is 65.7 Å². The van der Waals surface area contributed by atoms with E-state index in [4.69, 9.17) is 0 Å². The van der Waals surface area contributed by atoms with E-state index in [1.165, 1.54) is 22.0 Å². The predicted molar refractivity (Wildman–Crippen MR) is 101 cm³/mol. The molecule has 1 atom stereocenters. The number of aromatic nitrogens is 4. The van der Waals surface area contributed by atoms with Crippen molar-refractivity contribution in [1.29, 1.82) is 0 Å². The lowest BCUT2D eigenvalue weighted by Gasteiger charge is -2.12. The largest absolute Gasteiger partial charge is 0.508 e. The smallest absolute Gasteiger partial charge is 0.237 e. The number of hydrogen-bond donors (Lipinski definition) is 2. The number of tetrazole rings is 1. The van der Waals surface area contributed by atoms with Crippen molar-refractivity contribution in [2.45, 2.75) is 30.7 Å². The number of phenolic OH excluding ortho intramolecular Hbond substituents is 1. The summed E-state index contributed by atoms with van der Waals surface area (Å²) in [6.07, 6.45) is 0.959. The summed E-state index contributed by atoms with van der Waals surface area (Å²) in [6, 6.07) is 14.3. The molecule has 0 aliphatic heterocycles. The fourth-order valence-electron chi connectivity index (χ4n) is 2.29. The molecule has 0 saturated carbocycles. The van der Waals surface area contributed by atoms with E-state index < -0.39 is 0 Å². The van der Waals surface area contributed by atoms with Crippen LogP contribution >= 0.6 is 11.8 Å². The van der Waals surface area contributed by atoms with Gasteiger partial charge in [-0.2, -0.15) is 4.68 Å². The van der Waals surface area contributed by atoms with Gasteiger partial charge in [-0.3, -0.25) is 4.79 Å². The molecule has 0 bridgehead atoms. The second-order valence-corrected chi connectivity index (χ2v) is 7.00. The zero-order valence-electron chi connectivity index (χ0n) is 14.5. The Morgan fingerprint density at radius 1 is 1.19 bits per heavy atom. The molecule has 0 saturated heterocycles.